The lowest BCUT2D eigenvalue weighted by atomic mass is 10.4. The van der Waals surface area contributed by atoms with E-state index < -0.39 is 0 Å². The van der Waals surface area contributed by atoms with Crippen LogP contribution in [0, 0.1) is 0 Å². The second-order valence-electron chi connectivity index (χ2n) is 4.19. The predicted octanol–water partition coefficient (Wildman–Crippen LogP) is 0.188. The molecule has 3 N–H and O–H groups in total. The zero-order chi connectivity index (χ0) is 14.2. The average molecular weight is 422 g/mol. The minimum absolute atomic E-state index is 0. The van der Waals surface area contributed by atoms with Crippen LogP contribution < -0.4 is 11.1 Å². The zero-order valence-corrected chi connectivity index (χ0v) is 14.7. The van der Waals surface area contributed by atoms with Crippen molar-refractivity contribution in [1.82, 2.24) is 20.2 Å². The van der Waals surface area contributed by atoms with Gasteiger partial charge in [-0.1, -0.05) is 0 Å². The summed E-state index contributed by atoms with van der Waals surface area (Å²) in [5.41, 5.74) is 6.21. The van der Waals surface area contributed by atoms with Crippen LogP contribution in [-0.2, 0) is 0 Å². The number of amides is 1. The van der Waals surface area contributed by atoms with Gasteiger partial charge < -0.3 is 16.0 Å². The molecule has 7 nitrogen and oxygen atoms in total. The van der Waals surface area contributed by atoms with Crippen LogP contribution >= 0.6 is 35.7 Å². The van der Waals surface area contributed by atoms with E-state index in [4.69, 9.17) is 5.73 Å². The molecule has 1 fully saturated rings. The third kappa shape index (κ3) is 6.04. The van der Waals surface area contributed by atoms with Gasteiger partial charge in [-0.05, 0) is 0 Å². The monoisotopic (exact) mass is 422 g/mol. The Hall–Kier alpha value is -1.10. The Balaban J connectivity index is 0.00000220. The average Bonchev–Trinajstić information content (AvgIpc) is 2.53. The third-order valence-electron chi connectivity index (χ3n) is 2.80. The minimum atomic E-state index is -0.249. The van der Waals surface area contributed by atoms with Crippen LogP contribution in [0.5, 0.6) is 0 Å². The molecule has 2 heterocycles. The Bertz CT molecular complexity index is 466. The summed E-state index contributed by atoms with van der Waals surface area (Å²) >= 11 is 1.92. The van der Waals surface area contributed by atoms with Crippen molar-refractivity contribution in [3.05, 3.63) is 24.3 Å². The maximum atomic E-state index is 11.7. The Labute approximate surface area is 145 Å². The van der Waals surface area contributed by atoms with Gasteiger partial charge >= 0.3 is 0 Å². The van der Waals surface area contributed by atoms with E-state index >= 15 is 0 Å². The van der Waals surface area contributed by atoms with Crippen LogP contribution in [0.3, 0.4) is 0 Å². The van der Waals surface area contributed by atoms with Gasteiger partial charge in [0.25, 0.3) is 5.91 Å². The summed E-state index contributed by atoms with van der Waals surface area (Å²) in [4.78, 5) is 25.8. The highest BCUT2D eigenvalue weighted by Crippen LogP contribution is 2.08. The number of rotatable bonds is 4. The molecule has 21 heavy (non-hydrogen) atoms. The van der Waals surface area contributed by atoms with Gasteiger partial charge in [-0.3, -0.25) is 14.8 Å². The number of guanidine groups is 1. The fourth-order valence-electron chi connectivity index (χ4n) is 1.74. The van der Waals surface area contributed by atoms with Crippen molar-refractivity contribution < 1.29 is 4.79 Å². The highest BCUT2D eigenvalue weighted by Gasteiger charge is 2.11. The first kappa shape index (κ1) is 18.0. The minimum Gasteiger partial charge on any atom is -0.370 e. The molecule has 1 aliphatic rings. The van der Waals surface area contributed by atoms with E-state index in [-0.39, 0.29) is 29.9 Å². The van der Waals surface area contributed by atoms with E-state index in [1.165, 1.54) is 18.6 Å². The summed E-state index contributed by atoms with van der Waals surface area (Å²) in [6.07, 6.45) is 4.44. The number of carbonyl (C=O) groups excluding carboxylic acids is 1. The Kier molecular flexibility index (Phi) is 8.35. The molecular formula is C12H19IN6OS. The molecule has 0 radical (unpaired) electrons. The Morgan fingerprint density at radius 2 is 2.19 bits per heavy atom. The van der Waals surface area contributed by atoms with Crippen molar-refractivity contribution in [3.8, 4) is 0 Å². The lowest BCUT2D eigenvalue weighted by molar-refractivity contribution is 0.0949. The molecule has 0 atom stereocenters. The molecule has 9 heteroatoms. The van der Waals surface area contributed by atoms with Gasteiger partial charge in [0, 0.05) is 43.5 Å². The van der Waals surface area contributed by atoms with E-state index in [1.54, 1.807) is 0 Å². The predicted molar refractivity (Wildman–Crippen MR) is 95.2 cm³/mol. The molecule has 2 rings (SSSR count). The lowest BCUT2D eigenvalue weighted by Gasteiger charge is -2.27. The van der Waals surface area contributed by atoms with Crippen molar-refractivity contribution in [2.24, 2.45) is 10.7 Å². The number of aliphatic imine (C=N–C) groups is 1. The fraction of sp³-hybridized carbons (Fsp3) is 0.500. The second-order valence-corrected chi connectivity index (χ2v) is 5.41. The topological polar surface area (TPSA) is 96.5 Å². The molecule has 1 aromatic rings. The van der Waals surface area contributed by atoms with Crippen LogP contribution in [-0.4, -0.2) is 64.4 Å². The number of nitrogens with one attached hydrogen (secondary N) is 1. The summed E-state index contributed by atoms with van der Waals surface area (Å²) in [6, 6.07) is 0. The van der Waals surface area contributed by atoms with Crippen LogP contribution in [0.2, 0.25) is 0 Å². The zero-order valence-electron chi connectivity index (χ0n) is 11.6. The van der Waals surface area contributed by atoms with Crippen molar-refractivity contribution in [2.75, 3.05) is 37.7 Å². The van der Waals surface area contributed by atoms with Gasteiger partial charge in [0.05, 0.1) is 12.7 Å². The number of hydrogen-bond donors (Lipinski definition) is 2. The van der Waals surface area contributed by atoms with Crippen molar-refractivity contribution in [3.63, 3.8) is 0 Å². The van der Waals surface area contributed by atoms with Crippen molar-refractivity contribution >= 4 is 47.6 Å². The van der Waals surface area contributed by atoms with Gasteiger partial charge in [-0.15, -0.1) is 24.0 Å². The standard InChI is InChI=1S/C12H18N6OS.HI/c13-12(18-5-7-20-8-6-18)17-4-3-16-11(19)10-9-14-1-2-15-10;/h1-2,9H,3-8H2,(H2,13,17)(H,16,19);1H. The lowest BCUT2D eigenvalue weighted by Crippen LogP contribution is -2.43. The fourth-order valence-corrected chi connectivity index (χ4v) is 2.64. The molecule has 0 aromatic carbocycles. The number of nitrogens with two attached hydrogens (primary N) is 1. The van der Waals surface area contributed by atoms with E-state index in [2.05, 4.69) is 25.2 Å². The molecule has 0 aliphatic carbocycles. The van der Waals surface area contributed by atoms with Crippen LogP contribution in [0.1, 0.15) is 10.5 Å². The summed E-state index contributed by atoms with van der Waals surface area (Å²) in [6.45, 7) is 2.76. The van der Waals surface area contributed by atoms with E-state index in [9.17, 15) is 4.79 Å². The van der Waals surface area contributed by atoms with Crippen molar-refractivity contribution in [2.45, 2.75) is 0 Å². The van der Waals surface area contributed by atoms with Crippen LogP contribution in [0.4, 0.5) is 0 Å². The molecule has 1 saturated heterocycles. The smallest absolute Gasteiger partial charge is 0.271 e. The quantitative estimate of drug-likeness (QED) is 0.311. The molecule has 1 aliphatic heterocycles. The SMILES string of the molecule is I.NC(=NCCNC(=O)c1cnccn1)N1CCSCC1. The molecule has 0 unspecified atom stereocenters. The van der Waals surface area contributed by atoms with E-state index in [0.717, 1.165) is 24.6 Å². The molecule has 116 valence electrons. The number of hydrogen-bond acceptors (Lipinski definition) is 5. The summed E-state index contributed by atoms with van der Waals surface area (Å²) in [7, 11) is 0. The highest BCUT2D eigenvalue weighted by molar-refractivity contribution is 14.0. The maximum absolute atomic E-state index is 11.7. The summed E-state index contributed by atoms with van der Waals surface area (Å²) < 4.78 is 0. The first-order valence-corrected chi connectivity index (χ1v) is 7.59. The Morgan fingerprint density at radius 1 is 1.43 bits per heavy atom. The normalized spacial score (nSPS) is 15.2. The summed E-state index contributed by atoms with van der Waals surface area (Å²) in [5.74, 6) is 2.47. The van der Waals surface area contributed by atoms with Crippen molar-refractivity contribution in [1.29, 1.82) is 0 Å². The largest absolute Gasteiger partial charge is 0.370 e. The van der Waals surface area contributed by atoms with Crippen LogP contribution in [0.15, 0.2) is 23.6 Å². The first-order valence-electron chi connectivity index (χ1n) is 6.44. The number of halogens is 1. The van der Waals surface area contributed by atoms with Gasteiger partial charge in [0.15, 0.2) is 5.96 Å². The first-order chi connectivity index (χ1) is 9.77. The van der Waals surface area contributed by atoms with E-state index in [1.807, 2.05) is 11.8 Å². The highest BCUT2D eigenvalue weighted by atomic mass is 127. The molecule has 1 amide bonds. The number of nitrogens with zero attached hydrogens (tertiary/aromatic N) is 4. The molecule has 0 bridgehead atoms. The Morgan fingerprint density at radius 3 is 2.86 bits per heavy atom. The van der Waals surface area contributed by atoms with Gasteiger partial charge in [0.1, 0.15) is 5.69 Å². The molecule has 0 saturated carbocycles. The molecule has 0 spiro atoms. The maximum Gasteiger partial charge on any atom is 0.271 e. The molecular weight excluding hydrogens is 403 g/mol. The third-order valence-corrected chi connectivity index (χ3v) is 3.74. The summed E-state index contributed by atoms with van der Waals surface area (Å²) in [5, 5.41) is 2.73. The van der Waals surface area contributed by atoms with E-state index in [0.29, 0.717) is 24.7 Å². The number of aromatic nitrogens is 2. The second kappa shape index (κ2) is 9.77. The van der Waals surface area contributed by atoms with Crippen LogP contribution in [0.25, 0.3) is 0 Å². The number of thioether (sulfide) groups is 1. The molecule has 1 aromatic heterocycles. The number of carbonyl (C=O) groups is 1. The van der Waals surface area contributed by atoms with Gasteiger partial charge in [-0.2, -0.15) is 11.8 Å². The van der Waals surface area contributed by atoms with Gasteiger partial charge in [0.2, 0.25) is 0 Å². The van der Waals surface area contributed by atoms with Gasteiger partial charge in [-0.25, -0.2) is 4.98 Å².